The second-order valence-corrected chi connectivity index (χ2v) is 6.28. The zero-order valence-electron chi connectivity index (χ0n) is 14.3. The van der Waals surface area contributed by atoms with Crippen molar-refractivity contribution in [1.82, 2.24) is 10.3 Å². The molecule has 0 saturated carbocycles. The Morgan fingerprint density at radius 2 is 1.92 bits per heavy atom. The van der Waals surface area contributed by atoms with Crippen molar-refractivity contribution in [1.29, 1.82) is 0 Å². The van der Waals surface area contributed by atoms with Crippen LogP contribution in [0.25, 0.3) is 10.9 Å². The van der Waals surface area contributed by atoms with E-state index in [1.165, 1.54) is 12.1 Å². The second kappa shape index (κ2) is 8.03. The number of benzene rings is 2. The van der Waals surface area contributed by atoms with Crippen LogP contribution >= 0.6 is 0 Å². The number of phenols is 2. The quantitative estimate of drug-likeness (QED) is 0.418. The number of aryl methyl sites for hydroxylation is 1. The van der Waals surface area contributed by atoms with E-state index in [9.17, 15) is 20.1 Å². The first-order valence-electron chi connectivity index (χ1n) is 8.56. The van der Waals surface area contributed by atoms with Crippen LogP contribution in [0.2, 0.25) is 0 Å². The van der Waals surface area contributed by atoms with Crippen molar-refractivity contribution in [3.63, 3.8) is 0 Å². The highest BCUT2D eigenvalue weighted by Gasteiger charge is 2.13. The molecule has 1 atom stereocenters. The molecular formula is C20H22N2O4. The summed E-state index contributed by atoms with van der Waals surface area (Å²) in [6.07, 6.45) is 0.950. The Labute approximate surface area is 150 Å². The molecule has 0 amide bonds. The first-order valence-corrected chi connectivity index (χ1v) is 8.56. The Kier molecular flexibility index (Phi) is 5.55. The second-order valence-electron chi connectivity index (χ2n) is 6.28. The average Bonchev–Trinajstić information content (AvgIpc) is 2.62. The van der Waals surface area contributed by atoms with Crippen molar-refractivity contribution in [2.45, 2.75) is 18.9 Å². The van der Waals surface area contributed by atoms with Crippen LogP contribution in [0.5, 0.6) is 11.5 Å². The van der Waals surface area contributed by atoms with Gasteiger partial charge < -0.3 is 25.6 Å². The Morgan fingerprint density at radius 1 is 1.08 bits per heavy atom. The highest BCUT2D eigenvalue weighted by molar-refractivity contribution is 5.87. The van der Waals surface area contributed by atoms with E-state index in [1.807, 2.05) is 12.1 Å². The van der Waals surface area contributed by atoms with Gasteiger partial charge in [0.05, 0.1) is 11.6 Å². The number of aromatic amines is 1. The van der Waals surface area contributed by atoms with Gasteiger partial charge in [-0.05, 0) is 54.8 Å². The molecule has 0 radical (unpaired) electrons. The minimum atomic E-state index is -0.759. The van der Waals surface area contributed by atoms with Crippen LogP contribution in [0.15, 0.2) is 53.3 Å². The van der Waals surface area contributed by atoms with Gasteiger partial charge in [0.1, 0.15) is 11.5 Å². The Bertz CT molecular complexity index is 952. The molecule has 0 fully saturated rings. The van der Waals surface area contributed by atoms with Crippen molar-refractivity contribution >= 4 is 10.9 Å². The third kappa shape index (κ3) is 4.22. The lowest BCUT2D eigenvalue weighted by atomic mass is 10.0. The third-order valence-electron chi connectivity index (χ3n) is 4.33. The Hall–Kier alpha value is -2.83. The van der Waals surface area contributed by atoms with Gasteiger partial charge in [0.25, 0.3) is 0 Å². The molecule has 136 valence electrons. The molecule has 0 bridgehead atoms. The van der Waals surface area contributed by atoms with Crippen LogP contribution in [-0.2, 0) is 6.42 Å². The topological polar surface area (TPSA) is 106 Å². The number of aromatic hydroxyl groups is 2. The number of aliphatic hydroxyl groups excluding tert-OH is 1. The first-order chi connectivity index (χ1) is 12.5. The van der Waals surface area contributed by atoms with Crippen molar-refractivity contribution in [2.75, 3.05) is 13.1 Å². The molecule has 6 nitrogen and oxygen atoms in total. The molecule has 2 aromatic carbocycles. The van der Waals surface area contributed by atoms with E-state index in [2.05, 4.69) is 10.3 Å². The molecule has 5 N–H and O–H groups in total. The largest absolute Gasteiger partial charge is 0.508 e. The molecule has 0 aliphatic rings. The number of pyridine rings is 1. The lowest BCUT2D eigenvalue weighted by molar-refractivity contribution is 0.176. The van der Waals surface area contributed by atoms with Crippen molar-refractivity contribution in [2.24, 2.45) is 0 Å². The van der Waals surface area contributed by atoms with Gasteiger partial charge in [-0.2, -0.15) is 0 Å². The summed E-state index contributed by atoms with van der Waals surface area (Å²) in [4.78, 5) is 14.0. The molecule has 3 rings (SSSR count). The van der Waals surface area contributed by atoms with E-state index in [4.69, 9.17) is 0 Å². The molecule has 3 aromatic rings. The van der Waals surface area contributed by atoms with Gasteiger partial charge in [-0.1, -0.05) is 18.2 Å². The normalized spacial score (nSPS) is 12.3. The molecule has 0 saturated heterocycles. The Morgan fingerprint density at radius 3 is 2.73 bits per heavy atom. The number of fused-ring (bicyclic) bond motifs is 1. The summed E-state index contributed by atoms with van der Waals surface area (Å²) < 4.78 is 0. The molecular weight excluding hydrogens is 332 g/mol. The predicted molar refractivity (Wildman–Crippen MR) is 100 cm³/mol. The highest BCUT2D eigenvalue weighted by atomic mass is 16.3. The highest BCUT2D eigenvalue weighted by Crippen LogP contribution is 2.28. The molecule has 26 heavy (non-hydrogen) atoms. The molecule has 1 heterocycles. The van der Waals surface area contributed by atoms with E-state index < -0.39 is 6.10 Å². The molecule has 0 aliphatic carbocycles. The molecule has 0 spiro atoms. The van der Waals surface area contributed by atoms with Crippen LogP contribution in [0.4, 0.5) is 0 Å². The SMILES string of the molecule is O=c1ccc2c(C(O)CNCCCc3cccc(O)c3)ccc(O)c2[nH]1. The summed E-state index contributed by atoms with van der Waals surface area (Å²) in [6.45, 7) is 1.08. The predicted octanol–water partition coefficient (Wildman–Crippen LogP) is 2.20. The lowest BCUT2D eigenvalue weighted by Crippen LogP contribution is -2.23. The number of hydrogen-bond donors (Lipinski definition) is 5. The number of aliphatic hydroxyl groups is 1. The van der Waals surface area contributed by atoms with Gasteiger partial charge in [0.15, 0.2) is 0 Å². The van der Waals surface area contributed by atoms with E-state index in [0.29, 0.717) is 23.0 Å². The summed E-state index contributed by atoms with van der Waals surface area (Å²) in [7, 11) is 0. The number of hydrogen-bond acceptors (Lipinski definition) is 5. The van der Waals surface area contributed by atoms with Gasteiger partial charge >= 0.3 is 0 Å². The van der Waals surface area contributed by atoms with Gasteiger partial charge in [-0.25, -0.2) is 0 Å². The van der Waals surface area contributed by atoms with E-state index in [-0.39, 0.29) is 17.1 Å². The number of nitrogens with one attached hydrogen (secondary N) is 2. The number of rotatable bonds is 7. The van der Waals surface area contributed by atoms with Gasteiger partial charge in [-0.3, -0.25) is 4.79 Å². The maximum atomic E-state index is 11.4. The van der Waals surface area contributed by atoms with Crippen molar-refractivity contribution in [3.8, 4) is 11.5 Å². The summed E-state index contributed by atoms with van der Waals surface area (Å²) >= 11 is 0. The standard InChI is InChI=1S/C20H22N2O4/c23-14-5-1-3-13(11-14)4-2-10-21-12-18(25)15-6-8-17(24)20-16(15)7-9-19(26)22-20/h1,3,5-9,11,18,21,23-25H,2,4,10,12H2,(H,22,26). The molecule has 6 heteroatoms. The fraction of sp³-hybridized carbons (Fsp3) is 0.250. The maximum Gasteiger partial charge on any atom is 0.248 e. The fourth-order valence-corrected chi connectivity index (χ4v) is 3.03. The Balaban J connectivity index is 1.57. The average molecular weight is 354 g/mol. The van der Waals surface area contributed by atoms with Crippen LogP contribution in [0, 0.1) is 0 Å². The summed E-state index contributed by atoms with van der Waals surface area (Å²) in [6, 6.07) is 13.3. The fourth-order valence-electron chi connectivity index (χ4n) is 3.03. The number of H-pyrrole nitrogens is 1. The van der Waals surface area contributed by atoms with Crippen molar-refractivity contribution < 1.29 is 15.3 Å². The summed E-state index contributed by atoms with van der Waals surface area (Å²) in [5.41, 5.74) is 1.75. The lowest BCUT2D eigenvalue weighted by Gasteiger charge is -2.15. The molecule has 1 aromatic heterocycles. The summed E-state index contributed by atoms with van der Waals surface area (Å²) in [5.74, 6) is 0.246. The zero-order chi connectivity index (χ0) is 18.5. The van der Waals surface area contributed by atoms with E-state index in [0.717, 1.165) is 24.9 Å². The maximum absolute atomic E-state index is 11.4. The van der Waals surface area contributed by atoms with E-state index >= 15 is 0 Å². The van der Waals surface area contributed by atoms with Crippen molar-refractivity contribution in [3.05, 3.63) is 70.0 Å². The minimum Gasteiger partial charge on any atom is -0.508 e. The van der Waals surface area contributed by atoms with E-state index in [1.54, 1.807) is 24.3 Å². The minimum absolute atomic E-state index is 0.0206. The van der Waals surface area contributed by atoms with Crippen LogP contribution in [-0.4, -0.2) is 33.4 Å². The van der Waals surface area contributed by atoms with Crippen LogP contribution in [0.3, 0.4) is 0 Å². The van der Waals surface area contributed by atoms with Crippen LogP contribution in [0.1, 0.15) is 23.7 Å². The zero-order valence-corrected chi connectivity index (χ0v) is 14.3. The van der Waals surface area contributed by atoms with Crippen LogP contribution < -0.4 is 10.9 Å². The first kappa shape index (κ1) is 18.0. The van der Waals surface area contributed by atoms with Gasteiger partial charge in [0, 0.05) is 18.0 Å². The third-order valence-corrected chi connectivity index (χ3v) is 4.33. The number of aromatic nitrogens is 1. The summed E-state index contributed by atoms with van der Waals surface area (Å²) in [5, 5.41) is 33.6. The van der Waals surface area contributed by atoms with Gasteiger partial charge in [0.2, 0.25) is 5.56 Å². The molecule has 1 unspecified atom stereocenters. The monoisotopic (exact) mass is 354 g/mol. The van der Waals surface area contributed by atoms with Gasteiger partial charge in [-0.15, -0.1) is 0 Å². The number of phenolic OH excluding ortho intramolecular Hbond substituents is 2. The molecule has 0 aliphatic heterocycles. The smallest absolute Gasteiger partial charge is 0.248 e.